The molecule has 0 spiro atoms. The van der Waals surface area contributed by atoms with E-state index in [1.54, 1.807) is 24.3 Å². The molecular formula is C19H26N2O4S. The van der Waals surface area contributed by atoms with Gasteiger partial charge in [-0.25, -0.2) is 8.42 Å². The third kappa shape index (κ3) is 4.10. The van der Waals surface area contributed by atoms with E-state index in [1.165, 1.54) is 4.31 Å². The van der Waals surface area contributed by atoms with Crippen LogP contribution in [0.25, 0.3) is 0 Å². The van der Waals surface area contributed by atoms with Gasteiger partial charge < -0.3 is 9.64 Å². The minimum absolute atomic E-state index is 0.0502. The predicted molar refractivity (Wildman–Crippen MR) is 99.4 cm³/mol. The maximum atomic E-state index is 12.8. The molecule has 0 bridgehead atoms. The molecule has 6 nitrogen and oxygen atoms in total. The molecule has 1 aromatic rings. The van der Waals surface area contributed by atoms with Crippen LogP contribution in [0.15, 0.2) is 41.3 Å². The molecule has 7 heteroatoms. The molecule has 0 radical (unpaired) electrons. The average Bonchev–Trinajstić information content (AvgIpc) is 2.69. The van der Waals surface area contributed by atoms with E-state index >= 15 is 0 Å². The van der Waals surface area contributed by atoms with Crippen LogP contribution < -0.4 is 4.74 Å². The number of rotatable bonds is 5. The van der Waals surface area contributed by atoms with E-state index in [-0.39, 0.29) is 16.7 Å². The monoisotopic (exact) mass is 378 g/mol. The lowest BCUT2D eigenvalue weighted by Crippen LogP contribution is -2.51. The van der Waals surface area contributed by atoms with Gasteiger partial charge in [0.15, 0.2) is 0 Å². The molecular weight excluding hydrogens is 352 g/mol. The highest BCUT2D eigenvalue weighted by Gasteiger charge is 2.32. The van der Waals surface area contributed by atoms with E-state index in [1.807, 2.05) is 11.8 Å². The summed E-state index contributed by atoms with van der Waals surface area (Å²) in [6.07, 6.45) is 6.82. The second kappa shape index (κ2) is 8.22. The highest BCUT2D eigenvalue weighted by molar-refractivity contribution is 7.89. The SMILES string of the molecule is CCOc1ccc(S(=O)(=O)N2CCN(C(=O)C3CC=CCC3)CC2)cc1. The summed E-state index contributed by atoms with van der Waals surface area (Å²) in [4.78, 5) is 14.7. The Kier molecular flexibility index (Phi) is 5.98. The first-order valence-corrected chi connectivity index (χ1v) is 10.6. The molecule has 1 aliphatic carbocycles. The molecule has 1 saturated heterocycles. The van der Waals surface area contributed by atoms with Crippen LogP contribution in [0, 0.1) is 5.92 Å². The lowest BCUT2D eigenvalue weighted by Gasteiger charge is -2.36. The fourth-order valence-electron chi connectivity index (χ4n) is 3.45. The molecule has 1 unspecified atom stereocenters. The molecule has 1 atom stereocenters. The molecule has 26 heavy (non-hydrogen) atoms. The summed E-state index contributed by atoms with van der Waals surface area (Å²) in [5.74, 6) is 0.866. The minimum Gasteiger partial charge on any atom is -0.494 e. The second-order valence-electron chi connectivity index (χ2n) is 6.62. The smallest absolute Gasteiger partial charge is 0.243 e. The van der Waals surface area contributed by atoms with Crippen molar-refractivity contribution >= 4 is 15.9 Å². The van der Waals surface area contributed by atoms with Crippen LogP contribution in [0.2, 0.25) is 0 Å². The Labute approximate surface area is 155 Å². The molecule has 2 aliphatic rings. The first-order valence-electron chi connectivity index (χ1n) is 9.19. The van der Waals surface area contributed by atoms with Crippen molar-refractivity contribution in [1.29, 1.82) is 0 Å². The van der Waals surface area contributed by atoms with E-state index in [0.29, 0.717) is 38.5 Å². The molecule has 142 valence electrons. The van der Waals surface area contributed by atoms with Gasteiger partial charge in [-0.15, -0.1) is 0 Å². The van der Waals surface area contributed by atoms with E-state index in [0.717, 1.165) is 19.3 Å². The van der Waals surface area contributed by atoms with E-state index in [4.69, 9.17) is 4.74 Å². The third-order valence-electron chi connectivity index (χ3n) is 4.94. The standard InChI is InChI=1S/C19H26N2O4S/c1-2-25-17-8-10-18(11-9-17)26(23,24)21-14-12-20(13-15-21)19(22)16-6-4-3-5-7-16/h3-4,8-11,16H,2,5-7,12-15H2,1H3. The summed E-state index contributed by atoms with van der Waals surface area (Å²) in [5.41, 5.74) is 0. The number of carbonyl (C=O) groups is 1. The number of nitrogens with zero attached hydrogens (tertiary/aromatic N) is 2. The van der Waals surface area contributed by atoms with E-state index < -0.39 is 10.0 Å². The normalized spacial score (nSPS) is 21.6. The van der Waals surface area contributed by atoms with Gasteiger partial charge in [0.25, 0.3) is 0 Å². The van der Waals surface area contributed by atoms with Gasteiger partial charge in [-0.3, -0.25) is 4.79 Å². The summed E-state index contributed by atoms with van der Waals surface area (Å²) in [6, 6.07) is 6.50. The predicted octanol–water partition coefficient (Wildman–Crippen LogP) is 2.27. The first kappa shape index (κ1) is 18.9. The number of carbonyl (C=O) groups excluding carboxylic acids is 1. The van der Waals surface area contributed by atoms with Crippen LogP contribution in [-0.4, -0.2) is 56.3 Å². The van der Waals surface area contributed by atoms with Crippen molar-refractivity contribution in [3.63, 3.8) is 0 Å². The van der Waals surface area contributed by atoms with Crippen molar-refractivity contribution in [3.05, 3.63) is 36.4 Å². The van der Waals surface area contributed by atoms with Gasteiger partial charge in [-0.05, 0) is 50.5 Å². The van der Waals surface area contributed by atoms with Gasteiger partial charge in [-0.1, -0.05) is 12.2 Å². The molecule has 1 amide bonds. The van der Waals surface area contributed by atoms with Crippen LogP contribution >= 0.6 is 0 Å². The molecule has 1 fully saturated rings. The van der Waals surface area contributed by atoms with Crippen LogP contribution in [0.5, 0.6) is 5.75 Å². The Morgan fingerprint density at radius 2 is 1.81 bits per heavy atom. The Morgan fingerprint density at radius 1 is 1.12 bits per heavy atom. The number of benzene rings is 1. The zero-order valence-corrected chi connectivity index (χ0v) is 16.0. The Morgan fingerprint density at radius 3 is 2.38 bits per heavy atom. The number of ether oxygens (including phenoxy) is 1. The number of piperazine rings is 1. The highest BCUT2D eigenvalue weighted by atomic mass is 32.2. The summed E-state index contributed by atoms with van der Waals surface area (Å²) < 4.78 is 32.4. The lowest BCUT2D eigenvalue weighted by atomic mass is 9.93. The van der Waals surface area contributed by atoms with Crippen LogP contribution in [0.4, 0.5) is 0 Å². The minimum atomic E-state index is -3.54. The van der Waals surface area contributed by atoms with Gasteiger partial charge in [0.2, 0.25) is 15.9 Å². The van der Waals surface area contributed by atoms with Crippen molar-refractivity contribution < 1.29 is 17.9 Å². The zero-order valence-electron chi connectivity index (χ0n) is 15.1. The maximum Gasteiger partial charge on any atom is 0.243 e. The van der Waals surface area contributed by atoms with Gasteiger partial charge in [0.1, 0.15) is 5.75 Å². The van der Waals surface area contributed by atoms with Gasteiger partial charge in [0, 0.05) is 32.1 Å². The summed E-state index contributed by atoms with van der Waals surface area (Å²) in [7, 11) is -3.54. The van der Waals surface area contributed by atoms with Crippen LogP contribution in [-0.2, 0) is 14.8 Å². The van der Waals surface area contributed by atoms with Gasteiger partial charge in [-0.2, -0.15) is 4.31 Å². The number of hydrogen-bond acceptors (Lipinski definition) is 4. The molecule has 1 heterocycles. The fourth-order valence-corrected chi connectivity index (χ4v) is 4.87. The zero-order chi connectivity index (χ0) is 18.6. The van der Waals surface area contributed by atoms with Crippen molar-refractivity contribution in [2.45, 2.75) is 31.1 Å². The van der Waals surface area contributed by atoms with Crippen LogP contribution in [0.3, 0.4) is 0 Å². The molecule has 0 saturated carbocycles. The molecule has 0 N–H and O–H groups in total. The average molecular weight is 378 g/mol. The van der Waals surface area contributed by atoms with Crippen LogP contribution in [0.1, 0.15) is 26.2 Å². The second-order valence-corrected chi connectivity index (χ2v) is 8.55. The van der Waals surface area contributed by atoms with Crippen molar-refractivity contribution in [3.8, 4) is 5.75 Å². The summed E-state index contributed by atoms with van der Waals surface area (Å²) in [6.45, 7) is 4.01. The van der Waals surface area contributed by atoms with Crippen molar-refractivity contribution in [1.82, 2.24) is 9.21 Å². The third-order valence-corrected chi connectivity index (χ3v) is 6.85. The van der Waals surface area contributed by atoms with E-state index in [2.05, 4.69) is 12.2 Å². The topological polar surface area (TPSA) is 66.9 Å². The quantitative estimate of drug-likeness (QED) is 0.737. The fraction of sp³-hybridized carbons (Fsp3) is 0.526. The van der Waals surface area contributed by atoms with Gasteiger partial charge >= 0.3 is 0 Å². The number of amides is 1. The molecule has 1 aromatic carbocycles. The number of hydrogen-bond donors (Lipinski definition) is 0. The van der Waals surface area contributed by atoms with Gasteiger partial charge in [0.05, 0.1) is 11.5 Å². The first-order chi connectivity index (χ1) is 12.5. The Hall–Kier alpha value is -1.86. The summed E-state index contributed by atoms with van der Waals surface area (Å²) >= 11 is 0. The summed E-state index contributed by atoms with van der Waals surface area (Å²) in [5, 5.41) is 0. The maximum absolute atomic E-state index is 12.8. The number of sulfonamides is 1. The Balaban J connectivity index is 1.61. The molecule has 1 aliphatic heterocycles. The Bertz CT molecular complexity index is 750. The highest BCUT2D eigenvalue weighted by Crippen LogP contribution is 2.24. The van der Waals surface area contributed by atoms with E-state index in [9.17, 15) is 13.2 Å². The van der Waals surface area contributed by atoms with Crippen molar-refractivity contribution in [2.75, 3.05) is 32.8 Å². The molecule has 3 rings (SSSR count). The molecule has 0 aromatic heterocycles. The number of allylic oxidation sites excluding steroid dienone is 2. The lowest BCUT2D eigenvalue weighted by molar-refractivity contribution is -0.137. The van der Waals surface area contributed by atoms with Crippen molar-refractivity contribution in [2.24, 2.45) is 5.92 Å². The largest absolute Gasteiger partial charge is 0.494 e.